The van der Waals surface area contributed by atoms with Crippen molar-refractivity contribution in [3.8, 4) is 5.75 Å². The molecule has 0 N–H and O–H groups in total. The molecule has 0 aromatic heterocycles. The molecule has 2 rings (SSSR count). The summed E-state index contributed by atoms with van der Waals surface area (Å²) >= 11 is 3.15. The highest BCUT2D eigenvalue weighted by Crippen LogP contribution is 2.20. The quantitative estimate of drug-likeness (QED) is 0.853. The SMILES string of the molecule is O=C1CCN(C(=O)COc2cc(F)cc(Br)c2)CC1. The molecule has 1 heterocycles. The molecule has 0 atom stereocenters. The Labute approximate surface area is 118 Å². The first kappa shape index (κ1) is 14.0. The monoisotopic (exact) mass is 329 g/mol. The van der Waals surface area contributed by atoms with Crippen molar-refractivity contribution in [1.29, 1.82) is 0 Å². The van der Waals surface area contributed by atoms with Crippen LogP contribution in [0.2, 0.25) is 0 Å². The van der Waals surface area contributed by atoms with Gasteiger partial charge in [-0.15, -0.1) is 0 Å². The van der Waals surface area contributed by atoms with Gasteiger partial charge in [-0.1, -0.05) is 15.9 Å². The standard InChI is InChI=1S/C13H13BrFNO3/c14-9-5-10(15)7-12(6-9)19-8-13(18)16-3-1-11(17)2-4-16/h5-7H,1-4,8H2. The topological polar surface area (TPSA) is 46.6 Å². The van der Waals surface area contributed by atoms with Crippen molar-refractivity contribution in [3.05, 3.63) is 28.5 Å². The second-order valence-corrected chi connectivity index (χ2v) is 5.23. The number of likely N-dealkylation sites (tertiary alicyclic amines) is 1. The molecule has 1 aromatic rings. The third-order valence-corrected chi connectivity index (χ3v) is 3.33. The maximum atomic E-state index is 13.1. The highest BCUT2D eigenvalue weighted by Gasteiger charge is 2.20. The van der Waals surface area contributed by atoms with Gasteiger partial charge in [-0.2, -0.15) is 0 Å². The summed E-state index contributed by atoms with van der Waals surface area (Å²) in [6.07, 6.45) is 0.800. The number of nitrogens with zero attached hydrogens (tertiary/aromatic N) is 1. The summed E-state index contributed by atoms with van der Waals surface area (Å²) in [5.74, 6) is -0.138. The minimum absolute atomic E-state index is 0.149. The van der Waals surface area contributed by atoms with Gasteiger partial charge >= 0.3 is 0 Å². The second-order valence-electron chi connectivity index (χ2n) is 4.31. The Morgan fingerprint density at radius 3 is 2.63 bits per heavy atom. The van der Waals surface area contributed by atoms with E-state index in [0.717, 1.165) is 0 Å². The molecule has 0 aliphatic carbocycles. The van der Waals surface area contributed by atoms with Crippen LogP contribution in [0.5, 0.6) is 5.75 Å². The molecule has 1 amide bonds. The van der Waals surface area contributed by atoms with Crippen LogP contribution < -0.4 is 4.74 Å². The highest BCUT2D eigenvalue weighted by atomic mass is 79.9. The van der Waals surface area contributed by atoms with Crippen molar-refractivity contribution >= 4 is 27.6 Å². The number of rotatable bonds is 3. The smallest absolute Gasteiger partial charge is 0.260 e. The third-order valence-electron chi connectivity index (χ3n) is 2.87. The lowest BCUT2D eigenvalue weighted by molar-refractivity contribution is -0.136. The third kappa shape index (κ3) is 4.02. The Hall–Kier alpha value is -1.43. The lowest BCUT2D eigenvalue weighted by atomic mass is 10.1. The number of piperidine rings is 1. The maximum absolute atomic E-state index is 13.1. The minimum Gasteiger partial charge on any atom is -0.484 e. The second kappa shape index (κ2) is 6.14. The average Bonchev–Trinajstić information content (AvgIpc) is 2.36. The van der Waals surface area contributed by atoms with Gasteiger partial charge in [0.05, 0.1) is 0 Å². The zero-order chi connectivity index (χ0) is 13.8. The molecule has 6 heteroatoms. The number of hydrogen-bond acceptors (Lipinski definition) is 3. The lowest BCUT2D eigenvalue weighted by Gasteiger charge is -2.25. The molecule has 102 valence electrons. The molecule has 0 spiro atoms. The average molecular weight is 330 g/mol. The summed E-state index contributed by atoms with van der Waals surface area (Å²) in [6, 6.07) is 4.12. The van der Waals surface area contributed by atoms with Crippen molar-refractivity contribution < 1.29 is 18.7 Å². The van der Waals surface area contributed by atoms with E-state index < -0.39 is 5.82 Å². The van der Waals surface area contributed by atoms with Gasteiger partial charge in [-0.25, -0.2) is 4.39 Å². The molecule has 1 fully saturated rings. The number of ether oxygens (including phenoxy) is 1. The molecule has 1 aliphatic heterocycles. The summed E-state index contributed by atoms with van der Waals surface area (Å²) < 4.78 is 18.9. The van der Waals surface area contributed by atoms with E-state index in [-0.39, 0.29) is 18.3 Å². The Balaban J connectivity index is 1.87. The van der Waals surface area contributed by atoms with Crippen LogP contribution in [0.1, 0.15) is 12.8 Å². The summed E-state index contributed by atoms with van der Waals surface area (Å²) in [4.78, 5) is 24.5. The minimum atomic E-state index is -0.430. The number of halogens is 2. The van der Waals surface area contributed by atoms with Gasteiger partial charge in [0.1, 0.15) is 17.3 Å². The van der Waals surface area contributed by atoms with E-state index in [4.69, 9.17) is 4.74 Å². The van der Waals surface area contributed by atoms with Crippen LogP contribution in [0.25, 0.3) is 0 Å². The predicted molar refractivity (Wildman–Crippen MR) is 70.4 cm³/mol. The number of Topliss-reactive ketones (excluding diaryl/α,β-unsaturated/α-hetero) is 1. The molecular weight excluding hydrogens is 317 g/mol. The Bertz CT molecular complexity index is 476. The molecule has 0 saturated carbocycles. The Kier molecular flexibility index (Phi) is 4.52. The van der Waals surface area contributed by atoms with E-state index in [1.165, 1.54) is 12.1 Å². The van der Waals surface area contributed by atoms with Crippen LogP contribution in [0.3, 0.4) is 0 Å². The van der Waals surface area contributed by atoms with E-state index in [1.807, 2.05) is 0 Å². The summed E-state index contributed by atoms with van der Waals surface area (Å²) in [5.41, 5.74) is 0. The molecule has 1 aliphatic rings. The van der Waals surface area contributed by atoms with E-state index >= 15 is 0 Å². The van der Waals surface area contributed by atoms with Crippen LogP contribution in [0, 0.1) is 5.82 Å². The Morgan fingerprint density at radius 2 is 2.00 bits per heavy atom. The molecular formula is C13H13BrFNO3. The van der Waals surface area contributed by atoms with Crippen molar-refractivity contribution in [2.24, 2.45) is 0 Å². The first-order chi connectivity index (χ1) is 9.04. The highest BCUT2D eigenvalue weighted by molar-refractivity contribution is 9.10. The Morgan fingerprint density at radius 1 is 1.32 bits per heavy atom. The van der Waals surface area contributed by atoms with Crippen LogP contribution in [-0.2, 0) is 9.59 Å². The normalized spacial score (nSPS) is 15.5. The number of ketones is 1. The van der Waals surface area contributed by atoms with Gasteiger partial charge in [0, 0.05) is 36.5 Å². The van der Waals surface area contributed by atoms with E-state index in [9.17, 15) is 14.0 Å². The maximum Gasteiger partial charge on any atom is 0.260 e. The molecule has 0 radical (unpaired) electrons. The zero-order valence-electron chi connectivity index (χ0n) is 10.2. The fraction of sp³-hybridized carbons (Fsp3) is 0.385. The van der Waals surface area contributed by atoms with Crippen LogP contribution in [-0.4, -0.2) is 36.3 Å². The summed E-state index contributed by atoms with van der Waals surface area (Å²) in [5, 5.41) is 0. The molecule has 0 unspecified atom stereocenters. The fourth-order valence-corrected chi connectivity index (χ4v) is 2.30. The van der Waals surface area contributed by atoms with E-state index in [1.54, 1.807) is 11.0 Å². The number of benzene rings is 1. The van der Waals surface area contributed by atoms with Gasteiger partial charge in [-0.3, -0.25) is 9.59 Å². The number of hydrogen-bond donors (Lipinski definition) is 0. The molecule has 19 heavy (non-hydrogen) atoms. The van der Waals surface area contributed by atoms with Gasteiger partial charge < -0.3 is 9.64 Å². The molecule has 4 nitrogen and oxygen atoms in total. The largest absolute Gasteiger partial charge is 0.484 e. The van der Waals surface area contributed by atoms with Gasteiger partial charge in [0.15, 0.2) is 6.61 Å². The van der Waals surface area contributed by atoms with Gasteiger partial charge in [-0.05, 0) is 12.1 Å². The van der Waals surface area contributed by atoms with E-state index in [0.29, 0.717) is 36.2 Å². The van der Waals surface area contributed by atoms with Gasteiger partial charge in [0.25, 0.3) is 5.91 Å². The molecule has 1 aromatic carbocycles. The number of carbonyl (C=O) groups excluding carboxylic acids is 2. The lowest BCUT2D eigenvalue weighted by Crippen LogP contribution is -2.41. The van der Waals surface area contributed by atoms with Crippen molar-refractivity contribution in [2.45, 2.75) is 12.8 Å². The van der Waals surface area contributed by atoms with Crippen molar-refractivity contribution in [1.82, 2.24) is 4.90 Å². The van der Waals surface area contributed by atoms with Crippen LogP contribution in [0.15, 0.2) is 22.7 Å². The van der Waals surface area contributed by atoms with Crippen molar-refractivity contribution in [2.75, 3.05) is 19.7 Å². The van der Waals surface area contributed by atoms with Gasteiger partial charge in [0.2, 0.25) is 0 Å². The van der Waals surface area contributed by atoms with Crippen LogP contribution >= 0.6 is 15.9 Å². The van der Waals surface area contributed by atoms with E-state index in [2.05, 4.69) is 15.9 Å². The predicted octanol–water partition coefficient (Wildman–Crippen LogP) is 2.16. The van der Waals surface area contributed by atoms with Crippen LogP contribution in [0.4, 0.5) is 4.39 Å². The summed E-state index contributed by atoms with van der Waals surface area (Å²) in [7, 11) is 0. The summed E-state index contributed by atoms with van der Waals surface area (Å²) in [6.45, 7) is 0.728. The number of carbonyl (C=O) groups is 2. The van der Waals surface area contributed by atoms with Crippen molar-refractivity contribution in [3.63, 3.8) is 0 Å². The zero-order valence-corrected chi connectivity index (χ0v) is 11.8. The molecule has 0 bridgehead atoms. The fourth-order valence-electron chi connectivity index (χ4n) is 1.85. The molecule has 1 saturated heterocycles. The first-order valence-corrected chi connectivity index (χ1v) is 6.72. The first-order valence-electron chi connectivity index (χ1n) is 5.93. The number of amides is 1.